The summed E-state index contributed by atoms with van der Waals surface area (Å²) >= 11 is 5.62. The summed E-state index contributed by atoms with van der Waals surface area (Å²) < 4.78 is 44.7. The van der Waals surface area contributed by atoms with Crippen molar-refractivity contribution in [3.63, 3.8) is 0 Å². The summed E-state index contributed by atoms with van der Waals surface area (Å²) in [6.45, 7) is 0. The van der Waals surface area contributed by atoms with Crippen LogP contribution in [-0.2, 0) is 0 Å². The number of carbonyl (C=O) groups is 1. The summed E-state index contributed by atoms with van der Waals surface area (Å²) in [6, 6.07) is 6.23. The molecule has 0 atom stereocenters. The van der Waals surface area contributed by atoms with Gasteiger partial charge in [-0.05, 0) is 29.8 Å². The Morgan fingerprint density at radius 2 is 2.05 bits per heavy atom. The number of hydrogen-bond donors (Lipinski definition) is 1. The monoisotopic (exact) mass is 305 g/mol. The standard InChI is InChI=1S/C12H7ClF3NO3/c13-10-9(4-5-19-10)11(18)17-7-2-1-3-8(6-7)20-12(14,15)16/h1-6H,(H,17,18). The zero-order chi connectivity index (χ0) is 14.8. The highest BCUT2D eigenvalue weighted by Gasteiger charge is 2.31. The van der Waals surface area contributed by atoms with E-state index in [9.17, 15) is 18.0 Å². The molecule has 0 unspecified atom stereocenters. The van der Waals surface area contributed by atoms with Crippen LogP contribution < -0.4 is 10.1 Å². The van der Waals surface area contributed by atoms with Crippen molar-refractivity contribution in [1.82, 2.24) is 0 Å². The maximum absolute atomic E-state index is 12.1. The molecule has 1 aromatic heterocycles. The predicted octanol–water partition coefficient (Wildman–Crippen LogP) is 4.08. The van der Waals surface area contributed by atoms with Crippen molar-refractivity contribution >= 4 is 23.2 Å². The summed E-state index contributed by atoms with van der Waals surface area (Å²) in [7, 11) is 0. The minimum absolute atomic E-state index is 0.0776. The highest BCUT2D eigenvalue weighted by Crippen LogP contribution is 2.25. The van der Waals surface area contributed by atoms with Crippen LogP contribution in [0.25, 0.3) is 0 Å². The van der Waals surface area contributed by atoms with Gasteiger partial charge in [-0.25, -0.2) is 0 Å². The van der Waals surface area contributed by atoms with Gasteiger partial charge in [-0.15, -0.1) is 13.2 Å². The smallest absolute Gasteiger partial charge is 0.452 e. The maximum atomic E-state index is 12.1. The summed E-state index contributed by atoms with van der Waals surface area (Å²) in [5.41, 5.74) is 0.211. The Hall–Kier alpha value is -2.15. The highest BCUT2D eigenvalue weighted by atomic mass is 35.5. The number of amides is 1. The third-order valence-corrected chi connectivity index (χ3v) is 2.48. The molecular formula is C12H7ClF3NO3. The van der Waals surface area contributed by atoms with Gasteiger partial charge in [0.05, 0.1) is 11.8 Å². The van der Waals surface area contributed by atoms with E-state index in [0.717, 1.165) is 12.1 Å². The fourth-order valence-electron chi connectivity index (χ4n) is 1.43. The molecule has 0 saturated heterocycles. The van der Waals surface area contributed by atoms with Gasteiger partial charge in [-0.2, -0.15) is 0 Å². The van der Waals surface area contributed by atoms with Crippen molar-refractivity contribution in [3.05, 3.63) is 47.4 Å². The number of alkyl halides is 3. The molecule has 0 bridgehead atoms. The van der Waals surface area contributed by atoms with E-state index in [4.69, 9.17) is 16.0 Å². The first-order valence-electron chi connectivity index (χ1n) is 5.25. The molecule has 0 radical (unpaired) electrons. The number of benzene rings is 1. The molecule has 0 aliphatic rings. The fourth-order valence-corrected chi connectivity index (χ4v) is 1.63. The van der Waals surface area contributed by atoms with Gasteiger partial charge in [0.25, 0.3) is 5.91 Å². The van der Waals surface area contributed by atoms with Crippen LogP contribution in [-0.4, -0.2) is 12.3 Å². The molecule has 2 rings (SSSR count). The topological polar surface area (TPSA) is 51.5 Å². The Balaban J connectivity index is 2.12. The maximum Gasteiger partial charge on any atom is 0.573 e. The molecule has 1 N–H and O–H groups in total. The van der Waals surface area contributed by atoms with Gasteiger partial charge in [0.15, 0.2) is 0 Å². The van der Waals surface area contributed by atoms with Crippen molar-refractivity contribution in [2.45, 2.75) is 6.36 Å². The second-order valence-corrected chi connectivity index (χ2v) is 3.98. The van der Waals surface area contributed by atoms with Crippen LogP contribution in [0.15, 0.2) is 41.0 Å². The van der Waals surface area contributed by atoms with Gasteiger partial charge in [0, 0.05) is 11.8 Å². The van der Waals surface area contributed by atoms with E-state index in [-0.39, 0.29) is 16.5 Å². The number of rotatable bonds is 3. The molecule has 1 heterocycles. The number of carbonyl (C=O) groups excluding carboxylic acids is 1. The number of furan rings is 1. The van der Waals surface area contributed by atoms with E-state index < -0.39 is 18.0 Å². The molecule has 0 spiro atoms. The van der Waals surface area contributed by atoms with Gasteiger partial charge in [-0.3, -0.25) is 4.79 Å². The van der Waals surface area contributed by atoms with Gasteiger partial charge in [0.1, 0.15) is 5.75 Å². The molecule has 0 fully saturated rings. The first-order chi connectivity index (χ1) is 9.35. The number of nitrogens with one attached hydrogen (secondary N) is 1. The third kappa shape index (κ3) is 3.67. The van der Waals surface area contributed by atoms with E-state index in [1.54, 1.807) is 0 Å². The predicted molar refractivity (Wildman–Crippen MR) is 64.8 cm³/mol. The minimum Gasteiger partial charge on any atom is -0.452 e. The molecule has 0 saturated carbocycles. The normalized spacial score (nSPS) is 11.2. The fraction of sp³-hybridized carbons (Fsp3) is 0.0833. The molecule has 20 heavy (non-hydrogen) atoms. The van der Waals surface area contributed by atoms with Crippen molar-refractivity contribution in [3.8, 4) is 5.75 Å². The molecular weight excluding hydrogens is 299 g/mol. The zero-order valence-electron chi connectivity index (χ0n) is 9.70. The van der Waals surface area contributed by atoms with Crippen molar-refractivity contribution < 1.29 is 27.1 Å². The van der Waals surface area contributed by atoms with Crippen molar-refractivity contribution in [1.29, 1.82) is 0 Å². The largest absolute Gasteiger partial charge is 0.573 e. The second kappa shape index (κ2) is 5.46. The number of hydrogen-bond acceptors (Lipinski definition) is 3. The molecule has 2 aromatic rings. The lowest BCUT2D eigenvalue weighted by atomic mass is 10.2. The van der Waals surface area contributed by atoms with E-state index in [2.05, 4.69) is 10.1 Å². The first kappa shape index (κ1) is 14.3. The highest BCUT2D eigenvalue weighted by molar-refractivity contribution is 6.32. The second-order valence-electron chi connectivity index (χ2n) is 3.64. The summed E-state index contributed by atoms with van der Waals surface area (Å²) in [5.74, 6) is -1.04. The Bertz CT molecular complexity index is 624. The lowest BCUT2D eigenvalue weighted by molar-refractivity contribution is -0.274. The zero-order valence-corrected chi connectivity index (χ0v) is 10.5. The van der Waals surface area contributed by atoms with Crippen molar-refractivity contribution in [2.24, 2.45) is 0 Å². The quantitative estimate of drug-likeness (QED) is 0.929. The van der Waals surface area contributed by atoms with E-state index in [1.165, 1.54) is 24.5 Å². The van der Waals surface area contributed by atoms with Crippen LogP contribution in [0.4, 0.5) is 18.9 Å². The lowest BCUT2D eigenvalue weighted by Crippen LogP contribution is -2.17. The molecule has 8 heteroatoms. The van der Waals surface area contributed by atoms with E-state index in [1.807, 2.05) is 0 Å². The average molecular weight is 306 g/mol. The SMILES string of the molecule is O=C(Nc1cccc(OC(F)(F)F)c1)c1ccoc1Cl. The van der Waals surface area contributed by atoms with E-state index >= 15 is 0 Å². The van der Waals surface area contributed by atoms with E-state index in [0.29, 0.717) is 0 Å². The molecule has 1 amide bonds. The van der Waals surface area contributed by atoms with Crippen LogP contribution in [0.1, 0.15) is 10.4 Å². The molecule has 1 aromatic carbocycles. The van der Waals surface area contributed by atoms with Gasteiger partial charge < -0.3 is 14.5 Å². The number of anilines is 1. The van der Waals surface area contributed by atoms with Crippen molar-refractivity contribution in [2.75, 3.05) is 5.32 Å². The Kier molecular flexibility index (Phi) is 3.89. The summed E-state index contributed by atoms with van der Waals surface area (Å²) in [6.07, 6.45) is -3.57. The summed E-state index contributed by atoms with van der Waals surface area (Å²) in [5, 5.41) is 2.27. The Labute approximate surface area is 116 Å². The average Bonchev–Trinajstić information content (AvgIpc) is 2.73. The molecule has 0 aliphatic carbocycles. The summed E-state index contributed by atoms with van der Waals surface area (Å²) in [4.78, 5) is 11.8. The third-order valence-electron chi connectivity index (χ3n) is 2.19. The van der Waals surface area contributed by atoms with Gasteiger partial charge in [-0.1, -0.05) is 6.07 Å². The van der Waals surface area contributed by atoms with Crippen LogP contribution in [0.3, 0.4) is 0 Å². The van der Waals surface area contributed by atoms with Crippen LogP contribution in [0.5, 0.6) is 5.75 Å². The Morgan fingerprint density at radius 3 is 2.65 bits per heavy atom. The number of ether oxygens (including phenoxy) is 1. The lowest BCUT2D eigenvalue weighted by Gasteiger charge is -2.10. The first-order valence-corrected chi connectivity index (χ1v) is 5.63. The van der Waals surface area contributed by atoms with Gasteiger partial charge >= 0.3 is 6.36 Å². The van der Waals surface area contributed by atoms with Crippen LogP contribution in [0, 0.1) is 0 Å². The molecule has 4 nitrogen and oxygen atoms in total. The van der Waals surface area contributed by atoms with Gasteiger partial charge in [0.2, 0.25) is 5.22 Å². The van der Waals surface area contributed by atoms with Crippen LogP contribution in [0.2, 0.25) is 5.22 Å². The molecule has 106 valence electrons. The van der Waals surface area contributed by atoms with Crippen LogP contribution >= 0.6 is 11.6 Å². The number of halogens is 4. The minimum atomic E-state index is -4.80. The molecule has 0 aliphatic heterocycles. The Morgan fingerprint density at radius 1 is 1.30 bits per heavy atom.